The molecule has 1 aromatic carbocycles. The minimum Gasteiger partial charge on any atom is -0.456 e. The van der Waals surface area contributed by atoms with Crippen LogP contribution in [0.5, 0.6) is 0 Å². The molecule has 1 rings (SSSR count). The first-order valence-corrected chi connectivity index (χ1v) is 5.56. The molecule has 100 valence electrons. The van der Waals surface area contributed by atoms with Crippen molar-refractivity contribution in [3.8, 4) is 0 Å². The molecule has 0 amide bonds. The van der Waals surface area contributed by atoms with Crippen molar-refractivity contribution in [3.05, 3.63) is 35.4 Å². The molecule has 0 unspecified atom stereocenters. The van der Waals surface area contributed by atoms with E-state index in [9.17, 15) is 18.0 Å². The van der Waals surface area contributed by atoms with Gasteiger partial charge in [0.05, 0.1) is 11.1 Å². The lowest BCUT2D eigenvalue weighted by Gasteiger charge is -2.23. The Labute approximate surface area is 104 Å². The van der Waals surface area contributed by atoms with Crippen LogP contribution in [0.1, 0.15) is 43.1 Å². The van der Waals surface area contributed by atoms with Gasteiger partial charge >= 0.3 is 12.1 Å². The minimum atomic E-state index is -4.40. The molecule has 18 heavy (non-hydrogen) atoms. The maximum atomic E-state index is 12.3. The second kappa shape index (κ2) is 5.00. The van der Waals surface area contributed by atoms with Gasteiger partial charge in [0.15, 0.2) is 0 Å². The Hall–Kier alpha value is -1.52. The molecule has 0 saturated carbocycles. The third-order valence-electron chi connectivity index (χ3n) is 2.67. The van der Waals surface area contributed by atoms with Crippen LogP contribution in [-0.4, -0.2) is 11.6 Å². The van der Waals surface area contributed by atoms with E-state index in [0.29, 0.717) is 6.42 Å². The molecule has 0 aromatic heterocycles. The molecule has 0 atom stereocenters. The fourth-order valence-corrected chi connectivity index (χ4v) is 1.18. The standard InChI is InChI=1S/C13H15F3O2/c1-4-12(2,3)18-11(17)9-5-7-10(8-6-9)13(14,15)16/h5-8H,4H2,1-3H3. The van der Waals surface area contributed by atoms with Gasteiger partial charge in [-0.25, -0.2) is 4.79 Å². The van der Waals surface area contributed by atoms with Crippen molar-refractivity contribution in [1.82, 2.24) is 0 Å². The largest absolute Gasteiger partial charge is 0.456 e. The number of halogens is 3. The van der Waals surface area contributed by atoms with Crippen LogP contribution in [-0.2, 0) is 10.9 Å². The average Bonchev–Trinajstić information content (AvgIpc) is 2.27. The van der Waals surface area contributed by atoms with Crippen molar-refractivity contribution in [3.63, 3.8) is 0 Å². The third-order valence-corrected chi connectivity index (χ3v) is 2.67. The summed E-state index contributed by atoms with van der Waals surface area (Å²) >= 11 is 0. The number of benzene rings is 1. The van der Waals surface area contributed by atoms with Crippen molar-refractivity contribution < 1.29 is 22.7 Å². The van der Waals surface area contributed by atoms with Gasteiger partial charge in [-0.2, -0.15) is 13.2 Å². The van der Waals surface area contributed by atoms with Crippen LogP contribution in [0.15, 0.2) is 24.3 Å². The molecule has 0 N–H and O–H groups in total. The monoisotopic (exact) mass is 260 g/mol. The Morgan fingerprint density at radius 2 is 1.67 bits per heavy atom. The van der Waals surface area contributed by atoms with Crippen molar-refractivity contribution >= 4 is 5.97 Å². The summed E-state index contributed by atoms with van der Waals surface area (Å²) < 4.78 is 42.2. The Morgan fingerprint density at radius 1 is 1.17 bits per heavy atom. The van der Waals surface area contributed by atoms with E-state index in [1.54, 1.807) is 13.8 Å². The Bertz CT molecular complexity index is 419. The first-order valence-electron chi connectivity index (χ1n) is 5.56. The van der Waals surface area contributed by atoms with E-state index in [1.165, 1.54) is 0 Å². The van der Waals surface area contributed by atoms with Crippen molar-refractivity contribution in [2.75, 3.05) is 0 Å². The smallest absolute Gasteiger partial charge is 0.416 e. The number of carbonyl (C=O) groups is 1. The van der Waals surface area contributed by atoms with E-state index >= 15 is 0 Å². The molecule has 0 spiro atoms. The summed E-state index contributed by atoms with van der Waals surface area (Å²) in [6, 6.07) is 3.98. The van der Waals surface area contributed by atoms with Gasteiger partial charge in [0.25, 0.3) is 0 Å². The summed E-state index contributed by atoms with van der Waals surface area (Å²) in [7, 11) is 0. The molecular weight excluding hydrogens is 245 g/mol. The number of carbonyl (C=O) groups excluding carboxylic acids is 1. The highest BCUT2D eigenvalue weighted by atomic mass is 19.4. The van der Waals surface area contributed by atoms with Crippen molar-refractivity contribution in [2.24, 2.45) is 0 Å². The predicted molar refractivity (Wildman–Crippen MR) is 61.2 cm³/mol. The number of esters is 1. The van der Waals surface area contributed by atoms with Gasteiger partial charge in [-0.05, 0) is 44.5 Å². The third kappa shape index (κ3) is 3.75. The van der Waals surface area contributed by atoms with Crippen molar-refractivity contribution in [2.45, 2.75) is 39.0 Å². The molecule has 2 nitrogen and oxygen atoms in total. The normalized spacial score (nSPS) is 12.3. The summed E-state index contributed by atoms with van der Waals surface area (Å²) in [6.07, 6.45) is -3.77. The maximum absolute atomic E-state index is 12.3. The van der Waals surface area contributed by atoms with Gasteiger partial charge in [0.2, 0.25) is 0 Å². The molecule has 0 aliphatic rings. The van der Waals surface area contributed by atoms with E-state index < -0.39 is 23.3 Å². The summed E-state index contributed by atoms with van der Waals surface area (Å²) in [4.78, 5) is 11.7. The fraction of sp³-hybridized carbons (Fsp3) is 0.462. The molecule has 0 bridgehead atoms. The molecule has 0 aliphatic carbocycles. The van der Waals surface area contributed by atoms with Crippen LogP contribution >= 0.6 is 0 Å². The summed E-state index contributed by atoms with van der Waals surface area (Å²) in [5.41, 5.74) is -1.29. The highest BCUT2D eigenvalue weighted by Gasteiger charge is 2.30. The zero-order chi connectivity index (χ0) is 14.0. The first-order chi connectivity index (χ1) is 8.15. The van der Waals surface area contributed by atoms with Gasteiger partial charge in [-0.3, -0.25) is 0 Å². The second-order valence-corrected chi connectivity index (χ2v) is 4.58. The molecule has 0 aliphatic heterocycles. The Balaban J connectivity index is 2.83. The number of hydrogen-bond donors (Lipinski definition) is 0. The maximum Gasteiger partial charge on any atom is 0.416 e. The van der Waals surface area contributed by atoms with E-state index in [4.69, 9.17) is 4.74 Å². The molecule has 0 radical (unpaired) electrons. The average molecular weight is 260 g/mol. The van der Waals surface area contributed by atoms with Crippen LogP contribution in [0.4, 0.5) is 13.2 Å². The number of hydrogen-bond acceptors (Lipinski definition) is 2. The van der Waals surface area contributed by atoms with E-state index in [0.717, 1.165) is 24.3 Å². The lowest BCUT2D eigenvalue weighted by molar-refractivity contribution is -0.137. The van der Waals surface area contributed by atoms with E-state index in [2.05, 4.69) is 0 Å². The minimum absolute atomic E-state index is 0.115. The summed E-state index contributed by atoms with van der Waals surface area (Å²) in [5.74, 6) is -0.615. The fourth-order valence-electron chi connectivity index (χ4n) is 1.18. The van der Waals surface area contributed by atoms with Gasteiger partial charge in [-0.15, -0.1) is 0 Å². The molecule has 0 fully saturated rings. The second-order valence-electron chi connectivity index (χ2n) is 4.58. The van der Waals surface area contributed by atoms with Gasteiger partial charge in [-0.1, -0.05) is 6.92 Å². The van der Waals surface area contributed by atoms with Crippen LogP contribution in [0.3, 0.4) is 0 Å². The van der Waals surface area contributed by atoms with Crippen LogP contribution < -0.4 is 0 Å². The summed E-state index contributed by atoms with van der Waals surface area (Å²) in [5, 5.41) is 0. The lowest BCUT2D eigenvalue weighted by atomic mass is 10.1. The van der Waals surface area contributed by atoms with Crippen LogP contribution in [0.2, 0.25) is 0 Å². The van der Waals surface area contributed by atoms with Crippen LogP contribution in [0, 0.1) is 0 Å². The van der Waals surface area contributed by atoms with Gasteiger partial charge in [0, 0.05) is 0 Å². The Morgan fingerprint density at radius 3 is 2.06 bits per heavy atom. The lowest BCUT2D eigenvalue weighted by Crippen LogP contribution is -2.27. The zero-order valence-corrected chi connectivity index (χ0v) is 10.5. The highest BCUT2D eigenvalue weighted by Crippen LogP contribution is 2.29. The van der Waals surface area contributed by atoms with Gasteiger partial charge in [0.1, 0.15) is 5.60 Å². The highest BCUT2D eigenvalue weighted by molar-refractivity contribution is 5.89. The molecule has 0 heterocycles. The summed E-state index contributed by atoms with van der Waals surface area (Å²) in [6.45, 7) is 5.35. The topological polar surface area (TPSA) is 26.3 Å². The van der Waals surface area contributed by atoms with Crippen molar-refractivity contribution in [1.29, 1.82) is 0 Å². The number of ether oxygens (including phenoxy) is 1. The van der Waals surface area contributed by atoms with E-state index in [1.807, 2.05) is 6.92 Å². The number of rotatable bonds is 3. The molecule has 0 saturated heterocycles. The van der Waals surface area contributed by atoms with E-state index in [-0.39, 0.29) is 5.56 Å². The predicted octanol–water partition coefficient (Wildman–Crippen LogP) is 4.05. The SMILES string of the molecule is CCC(C)(C)OC(=O)c1ccc(C(F)(F)F)cc1. The quantitative estimate of drug-likeness (QED) is 0.766. The zero-order valence-electron chi connectivity index (χ0n) is 10.5. The van der Waals surface area contributed by atoms with Crippen LogP contribution in [0.25, 0.3) is 0 Å². The number of alkyl halides is 3. The molecule has 5 heteroatoms. The van der Waals surface area contributed by atoms with Gasteiger partial charge < -0.3 is 4.74 Å². The molecule has 1 aromatic rings. The first kappa shape index (κ1) is 14.5. The Kier molecular flexibility index (Phi) is 4.04. The molecular formula is C13H15F3O2.